The minimum atomic E-state index is 1.07. The van der Waals surface area contributed by atoms with Gasteiger partial charge in [-0.1, -0.05) is 170 Å². The molecule has 0 aliphatic heterocycles. The standard InChI is InChI=1S/C58H40N2/c1-3-15-41(16-4-1)49-37-50(42-17-5-2-6-18-42)39-54(38-49)59(52-23-14-24-53(40-52)60-57-27-11-9-25-55(57)56-26-10-12-28-58(56)60)51-33-31-44(32-34-51)46-21-13-22-47(35-46)48-30-29-43-19-7-8-20-45(43)36-48/h1-40H. The first kappa shape index (κ1) is 35.2. The highest BCUT2D eigenvalue weighted by Crippen LogP contribution is 2.42. The van der Waals surface area contributed by atoms with Gasteiger partial charge in [0.15, 0.2) is 0 Å². The van der Waals surface area contributed by atoms with Gasteiger partial charge in [-0.15, -0.1) is 0 Å². The summed E-state index contributed by atoms with van der Waals surface area (Å²) in [6.45, 7) is 0. The van der Waals surface area contributed by atoms with Gasteiger partial charge in [-0.2, -0.15) is 0 Å². The maximum absolute atomic E-state index is 2.41. The van der Waals surface area contributed by atoms with Crippen LogP contribution in [0.5, 0.6) is 0 Å². The summed E-state index contributed by atoms with van der Waals surface area (Å²) in [6, 6.07) is 88.0. The van der Waals surface area contributed by atoms with Crippen molar-refractivity contribution in [2.75, 3.05) is 4.90 Å². The van der Waals surface area contributed by atoms with Crippen molar-refractivity contribution in [2.24, 2.45) is 0 Å². The predicted molar refractivity (Wildman–Crippen MR) is 255 cm³/mol. The number of hydrogen-bond acceptors (Lipinski definition) is 1. The molecule has 0 fully saturated rings. The van der Waals surface area contributed by atoms with Crippen molar-refractivity contribution in [3.8, 4) is 50.2 Å². The average molecular weight is 765 g/mol. The number of fused-ring (bicyclic) bond motifs is 4. The quantitative estimate of drug-likeness (QED) is 0.150. The van der Waals surface area contributed by atoms with Gasteiger partial charge in [-0.05, 0) is 128 Å². The van der Waals surface area contributed by atoms with Crippen molar-refractivity contribution in [1.82, 2.24) is 4.57 Å². The third-order valence-corrected chi connectivity index (χ3v) is 11.7. The van der Waals surface area contributed by atoms with Gasteiger partial charge < -0.3 is 9.47 Å². The first-order valence-electron chi connectivity index (χ1n) is 20.6. The number of anilines is 3. The lowest BCUT2D eigenvalue weighted by Gasteiger charge is -2.28. The fourth-order valence-corrected chi connectivity index (χ4v) is 8.80. The van der Waals surface area contributed by atoms with Crippen molar-refractivity contribution in [3.63, 3.8) is 0 Å². The van der Waals surface area contributed by atoms with Crippen molar-refractivity contribution in [1.29, 1.82) is 0 Å². The molecule has 2 nitrogen and oxygen atoms in total. The molecule has 0 aliphatic rings. The average Bonchev–Trinajstić information content (AvgIpc) is 3.67. The van der Waals surface area contributed by atoms with Gasteiger partial charge in [-0.25, -0.2) is 0 Å². The Kier molecular flexibility index (Phi) is 8.87. The molecule has 1 heterocycles. The van der Waals surface area contributed by atoms with Crippen LogP contribution in [0.3, 0.4) is 0 Å². The third kappa shape index (κ3) is 6.51. The molecule has 10 aromatic carbocycles. The Balaban J connectivity index is 1.07. The third-order valence-electron chi connectivity index (χ3n) is 11.7. The molecule has 0 bridgehead atoms. The van der Waals surface area contributed by atoms with Gasteiger partial charge in [0.2, 0.25) is 0 Å². The molecule has 0 amide bonds. The van der Waals surface area contributed by atoms with E-state index in [0.717, 1.165) is 33.9 Å². The Morgan fingerprint density at radius 2 is 0.733 bits per heavy atom. The first-order valence-corrected chi connectivity index (χ1v) is 20.6. The van der Waals surface area contributed by atoms with Crippen LogP contribution < -0.4 is 4.90 Å². The van der Waals surface area contributed by atoms with Gasteiger partial charge >= 0.3 is 0 Å². The van der Waals surface area contributed by atoms with E-state index in [1.807, 2.05) is 0 Å². The summed E-state index contributed by atoms with van der Waals surface area (Å²) in [5.41, 5.74) is 16.2. The molecule has 282 valence electrons. The van der Waals surface area contributed by atoms with Crippen LogP contribution in [0.2, 0.25) is 0 Å². The van der Waals surface area contributed by atoms with Crippen LogP contribution in [0, 0.1) is 0 Å². The number of benzene rings is 10. The fraction of sp³-hybridized carbons (Fsp3) is 0. The number of hydrogen-bond donors (Lipinski definition) is 0. The van der Waals surface area contributed by atoms with Crippen molar-refractivity contribution >= 4 is 49.6 Å². The monoisotopic (exact) mass is 764 g/mol. The van der Waals surface area contributed by atoms with E-state index in [1.165, 1.54) is 66.0 Å². The summed E-state index contributed by atoms with van der Waals surface area (Å²) in [7, 11) is 0. The molecule has 11 aromatic rings. The lowest BCUT2D eigenvalue weighted by molar-refractivity contribution is 1.17. The Labute approximate surface area is 350 Å². The van der Waals surface area contributed by atoms with E-state index in [9.17, 15) is 0 Å². The van der Waals surface area contributed by atoms with Crippen LogP contribution in [0.25, 0.3) is 82.8 Å². The minimum absolute atomic E-state index is 1.07. The molecular formula is C58H40N2. The van der Waals surface area contributed by atoms with E-state index < -0.39 is 0 Å². The summed E-state index contributed by atoms with van der Waals surface area (Å²) >= 11 is 0. The van der Waals surface area contributed by atoms with Crippen molar-refractivity contribution in [3.05, 3.63) is 243 Å². The normalized spacial score (nSPS) is 11.3. The summed E-state index contributed by atoms with van der Waals surface area (Å²) in [4.78, 5) is 2.41. The van der Waals surface area contributed by atoms with E-state index in [0.29, 0.717) is 0 Å². The Morgan fingerprint density at radius 1 is 0.250 bits per heavy atom. The molecule has 0 unspecified atom stereocenters. The predicted octanol–water partition coefficient (Wildman–Crippen LogP) is 16.1. The Hall–Kier alpha value is -7.94. The number of aromatic nitrogens is 1. The van der Waals surface area contributed by atoms with E-state index in [-0.39, 0.29) is 0 Å². The second-order valence-corrected chi connectivity index (χ2v) is 15.4. The van der Waals surface area contributed by atoms with Crippen LogP contribution in [-0.4, -0.2) is 4.57 Å². The molecule has 11 rings (SSSR count). The number of para-hydroxylation sites is 2. The summed E-state index contributed by atoms with van der Waals surface area (Å²) < 4.78 is 2.40. The lowest BCUT2D eigenvalue weighted by atomic mass is 9.96. The molecule has 2 heteroatoms. The highest BCUT2D eigenvalue weighted by molar-refractivity contribution is 6.09. The smallest absolute Gasteiger partial charge is 0.0541 e. The molecule has 0 saturated carbocycles. The van der Waals surface area contributed by atoms with Crippen LogP contribution in [0.1, 0.15) is 0 Å². The zero-order valence-corrected chi connectivity index (χ0v) is 33.0. The maximum atomic E-state index is 2.41. The number of nitrogens with zero attached hydrogens (tertiary/aromatic N) is 2. The van der Waals surface area contributed by atoms with Crippen LogP contribution >= 0.6 is 0 Å². The Morgan fingerprint density at radius 3 is 1.40 bits per heavy atom. The van der Waals surface area contributed by atoms with Crippen molar-refractivity contribution in [2.45, 2.75) is 0 Å². The zero-order chi connectivity index (χ0) is 39.8. The minimum Gasteiger partial charge on any atom is -0.310 e. The highest BCUT2D eigenvalue weighted by Gasteiger charge is 2.19. The fourth-order valence-electron chi connectivity index (χ4n) is 8.80. The largest absolute Gasteiger partial charge is 0.310 e. The summed E-state index contributed by atoms with van der Waals surface area (Å²) in [5, 5.41) is 5.00. The summed E-state index contributed by atoms with van der Waals surface area (Å²) in [6.07, 6.45) is 0. The molecule has 0 N–H and O–H groups in total. The molecule has 1 aromatic heterocycles. The molecule has 60 heavy (non-hydrogen) atoms. The van der Waals surface area contributed by atoms with Gasteiger partial charge in [0.05, 0.1) is 11.0 Å². The molecule has 0 saturated heterocycles. The summed E-state index contributed by atoms with van der Waals surface area (Å²) in [5.74, 6) is 0. The van der Waals surface area contributed by atoms with E-state index in [1.54, 1.807) is 0 Å². The van der Waals surface area contributed by atoms with E-state index in [4.69, 9.17) is 0 Å². The maximum Gasteiger partial charge on any atom is 0.0541 e. The van der Waals surface area contributed by atoms with Crippen LogP contribution in [-0.2, 0) is 0 Å². The molecule has 0 radical (unpaired) electrons. The van der Waals surface area contributed by atoms with Crippen LogP contribution in [0.4, 0.5) is 17.1 Å². The topological polar surface area (TPSA) is 8.17 Å². The zero-order valence-electron chi connectivity index (χ0n) is 33.0. The van der Waals surface area contributed by atoms with Gasteiger partial charge in [0.25, 0.3) is 0 Å². The first-order chi connectivity index (χ1) is 29.7. The molecule has 0 spiro atoms. The highest BCUT2D eigenvalue weighted by atomic mass is 15.1. The second-order valence-electron chi connectivity index (χ2n) is 15.4. The number of rotatable bonds is 8. The molecule has 0 aliphatic carbocycles. The van der Waals surface area contributed by atoms with E-state index >= 15 is 0 Å². The van der Waals surface area contributed by atoms with Crippen LogP contribution in [0.15, 0.2) is 243 Å². The second kappa shape index (κ2) is 15.1. The lowest BCUT2D eigenvalue weighted by Crippen LogP contribution is -2.11. The van der Waals surface area contributed by atoms with Gasteiger partial charge in [0.1, 0.15) is 0 Å². The Bertz CT molecular complexity index is 3200. The molecular weight excluding hydrogens is 725 g/mol. The van der Waals surface area contributed by atoms with Gasteiger partial charge in [0, 0.05) is 33.5 Å². The van der Waals surface area contributed by atoms with Crippen molar-refractivity contribution < 1.29 is 0 Å². The van der Waals surface area contributed by atoms with Gasteiger partial charge in [-0.3, -0.25) is 0 Å². The molecule has 0 atom stereocenters. The SMILES string of the molecule is c1ccc(-c2cc(-c3ccccc3)cc(N(c3ccc(-c4cccc(-c5ccc6ccccc6c5)c4)cc3)c3cccc(-n4c5ccccc5c5ccccc54)c3)c2)cc1. The van der Waals surface area contributed by atoms with E-state index in [2.05, 4.69) is 252 Å².